The SMILES string of the molecule is Cc1ccc(N)c(OCC2CCOC2)c1. The van der Waals surface area contributed by atoms with E-state index in [4.69, 9.17) is 15.2 Å². The Morgan fingerprint density at radius 3 is 3.13 bits per heavy atom. The Labute approximate surface area is 90.2 Å². The first-order valence-corrected chi connectivity index (χ1v) is 5.32. The summed E-state index contributed by atoms with van der Waals surface area (Å²) in [6.07, 6.45) is 1.09. The monoisotopic (exact) mass is 207 g/mol. The van der Waals surface area contributed by atoms with Gasteiger partial charge in [-0.1, -0.05) is 6.07 Å². The fourth-order valence-electron chi connectivity index (χ4n) is 1.69. The lowest BCUT2D eigenvalue weighted by Crippen LogP contribution is -2.12. The van der Waals surface area contributed by atoms with Crippen molar-refractivity contribution in [2.75, 3.05) is 25.6 Å². The van der Waals surface area contributed by atoms with Crippen LogP contribution in [-0.4, -0.2) is 19.8 Å². The van der Waals surface area contributed by atoms with Crippen LogP contribution < -0.4 is 10.5 Å². The third-order valence-corrected chi connectivity index (χ3v) is 2.67. The molecule has 0 spiro atoms. The minimum absolute atomic E-state index is 0.518. The first kappa shape index (κ1) is 10.3. The maximum absolute atomic E-state index is 5.82. The van der Waals surface area contributed by atoms with Crippen LogP contribution in [0.1, 0.15) is 12.0 Å². The third-order valence-electron chi connectivity index (χ3n) is 2.67. The number of hydrogen-bond acceptors (Lipinski definition) is 3. The number of hydrogen-bond donors (Lipinski definition) is 1. The van der Waals surface area contributed by atoms with Gasteiger partial charge in [0.25, 0.3) is 0 Å². The summed E-state index contributed by atoms with van der Waals surface area (Å²) in [7, 11) is 0. The minimum Gasteiger partial charge on any atom is -0.491 e. The van der Waals surface area contributed by atoms with Gasteiger partial charge in [0.2, 0.25) is 0 Å². The summed E-state index contributed by atoms with van der Waals surface area (Å²) in [4.78, 5) is 0. The number of nitrogens with two attached hydrogens (primary N) is 1. The average Bonchev–Trinajstić information content (AvgIpc) is 2.72. The van der Waals surface area contributed by atoms with Gasteiger partial charge in [0.1, 0.15) is 5.75 Å². The zero-order valence-corrected chi connectivity index (χ0v) is 9.03. The molecule has 0 aromatic heterocycles. The number of anilines is 1. The molecule has 1 heterocycles. The van der Waals surface area contributed by atoms with Crippen molar-refractivity contribution in [1.82, 2.24) is 0 Å². The van der Waals surface area contributed by atoms with Crippen molar-refractivity contribution < 1.29 is 9.47 Å². The third kappa shape index (κ3) is 2.63. The van der Waals surface area contributed by atoms with E-state index in [1.165, 1.54) is 5.56 Å². The van der Waals surface area contributed by atoms with Gasteiger partial charge in [0, 0.05) is 12.5 Å². The number of nitrogen functional groups attached to an aromatic ring is 1. The van der Waals surface area contributed by atoms with Crippen LogP contribution >= 0.6 is 0 Å². The Kier molecular flexibility index (Phi) is 3.11. The molecule has 0 radical (unpaired) electrons. The average molecular weight is 207 g/mol. The molecule has 1 atom stereocenters. The Morgan fingerprint density at radius 2 is 2.40 bits per heavy atom. The van der Waals surface area contributed by atoms with E-state index in [-0.39, 0.29) is 0 Å². The minimum atomic E-state index is 0.518. The van der Waals surface area contributed by atoms with Crippen molar-refractivity contribution in [1.29, 1.82) is 0 Å². The molecule has 3 heteroatoms. The molecule has 1 aliphatic rings. The van der Waals surface area contributed by atoms with Crippen molar-refractivity contribution >= 4 is 5.69 Å². The Bertz CT molecular complexity index is 332. The second-order valence-corrected chi connectivity index (χ2v) is 4.08. The van der Waals surface area contributed by atoms with Gasteiger partial charge in [-0.15, -0.1) is 0 Å². The topological polar surface area (TPSA) is 44.5 Å². The molecular weight excluding hydrogens is 190 g/mol. The molecule has 1 aliphatic heterocycles. The highest BCUT2D eigenvalue weighted by Gasteiger charge is 2.16. The van der Waals surface area contributed by atoms with Gasteiger partial charge in [-0.2, -0.15) is 0 Å². The van der Waals surface area contributed by atoms with Gasteiger partial charge in [0.05, 0.1) is 18.9 Å². The molecule has 0 saturated carbocycles. The van der Waals surface area contributed by atoms with E-state index in [9.17, 15) is 0 Å². The number of ether oxygens (including phenoxy) is 2. The standard InChI is InChI=1S/C12H17NO2/c1-9-2-3-11(13)12(6-9)15-8-10-4-5-14-7-10/h2-3,6,10H,4-5,7-8,13H2,1H3. The zero-order valence-electron chi connectivity index (χ0n) is 9.03. The highest BCUT2D eigenvalue weighted by atomic mass is 16.5. The van der Waals surface area contributed by atoms with E-state index >= 15 is 0 Å². The summed E-state index contributed by atoms with van der Waals surface area (Å²) in [6.45, 7) is 4.40. The predicted molar refractivity (Wildman–Crippen MR) is 60.0 cm³/mol. The molecule has 1 unspecified atom stereocenters. The van der Waals surface area contributed by atoms with Crippen LogP contribution in [-0.2, 0) is 4.74 Å². The zero-order chi connectivity index (χ0) is 10.7. The molecule has 0 bridgehead atoms. The van der Waals surface area contributed by atoms with Crippen molar-refractivity contribution in [2.45, 2.75) is 13.3 Å². The van der Waals surface area contributed by atoms with Gasteiger partial charge in [-0.3, -0.25) is 0 Å². The molecule has 1 aromatic carbocycles. The van der Waals surface area contributed by atoms with Crippen molar-refractivity contribution in [2.24, 2.45) is 5.92 Å². The van der Waals surface area contributed by atoms with Gasteiger partial charge in [0.15, 0.2) is 0 Å². The van der Waals surface area contributed by atoms with Crippen LogP contribution in [0.4, 0.5) is 5.69 Å². The van der Waals surface area contributed by atoms with E-state index in [1.807, 2.05) is 25.1 Å². The summed E-state index contributed by atoms with van der Waals surface area (Å²) in [6, 6.07) is 5.85. The number of benzene rings is 1. The summed E-state index contributed by atoms with van der Waals surface area (Å²) in [5.41, 5.74) is 7.69. The van der Waals surface area contributed by atoms with Gasteiger partial charge >= 0.3 is 0 Å². The lowest BCUT2D eigenvalue weighted by molar-refractivity contribution is 0.167. The molecule has 2 N–H and O–H groups in total. The maximum Gasteiger partial charge on any atom is 0.142 e. The van der Waals surface area contributed by atoms with E-state index in [0.717, 1.165) is 25.4 Å². The summed E-state index contributed by atoms with van der Waals surface area (Å²) < 4.78 is 11.0. The first-order chi connectivity index (χ1) is 7.25. The molecular formula is C12H17NO2. The van der Waals surface area contributed by atoms with Crippen LogP contribution in [0.5, 0.6) is 5.75 Å². The van der Waals surface area contributed by atoms with Crippen LogP contribution in [0.2, 0.25) is 0 Å². The Morgan fingerprint density at radius 1 is 1.53 bits per heavy atom. The highest BCUT2D eigenvalue weighted by molar-refractivity contribution is 5.53. The molecule has 1 fully saturated rings. The quantitative estimate of drug-likeness (QED) is 0.771. The molecule has 1 aromatic rings. The lowest BCUT2D eigenvalue weighted by atomic mass is 10.1. The van der Waals surface area contributed by atoms with Gasteiger partial charge < -0.3 is 15.2 Å². The summed E-state index contributed by atoms with van der Waals surface area (Å²) >= 11 is 0. The first-order valence-electron chi connectivity index (χ1n) is 5.32. The fourth-order valence-corrected chi connectivity index (χ4v) is 1.69. The predicted octanol–water partition coefficient (Wildman–Crippen LogP) is 1.99. The van der Waals surface area contributed by atoms with Crippen molar-refractivity contribution in [3.63, 3.8) is 0 Å². The molecule has 2 rings (SSSR count). The van der Waals surface area contributed by atoms with Gasteiger partial charge in [-0.25, -0.2) is 0 Å². The molecule has 82 valence electrons. The normalized spacial score (nSPS) is 20.5. The summed E-state index contributed by atoms with van der Waals surface area (Å²) in [5.74, 6) is 1.31. The van der Waals surface area contributed by atoms with Crippen LogP contribution in [0, 0.1) is 12.8 Å². The smallest absolute Gasteiger partial charge is 0.142 e. The Balaban J connectivity index is 1.94. The molecule has 1 saturated heterocycles. The van der Waals surface area contributed by atoms with Crippen LogP contribution in [0.15, 0.2) is 18.2 Å². The largest absolute Gasteiger partial charge is 0.491 e. The van der Waals surface area contributed by atoms with Gasteiger partial charge in [-0.05, 0) is 31.0 Å². The van der Waals surface area contributed by atoms with E-state index in [0.29, 0.717) is 18.2 Å². The maximum atomic E-state index is 5.82. The molecule has 15 heavy (non-hydrogen) atoms. The Hall–Kier alpha value is -1.22. The van der Waals surface area contributed by atoms with E-state index < -0.39 is 0 Å². The van der Waals surface area contributed by atoms with Crippen molar-refractivity contribution in [3.05, 3.63) is 23.8 Å². The number of rotatable bonds is 3. The van der Waals surface area contributed by atoms with Crippen molar-refractivity contribution in [3.8, 4) is 5.75 Å². The van der Waals surface area contributed by atoms with E-state index in [2.05, 4.69) is 0 Å². The fraction of sp³-hybridized carbons (Fsp3) is 0.500. The summed E-state index contributed by atoms with van der Waals surface area (Å²) in [5, 5.41) is 0. The lowest BCUT2D eigenvalue weighted by Gasteiger charge is -2.12. The molecule has 3 nitrogen and oxygen atoms in total. The number of aryl methyl sites for hydroxylation is 1. The molecule has 0 amide bonds. The van der Waals surface area contributed by atoms with Crippen LogP contribution in [0.25, 0.3) is 0 Å². The molecule has 0 aliphatic carbocycles. The second kappa shape index (κ2) is 4.53. The second-order valence-electron chi connectivity index (χ2n) is 4.08. The van der Waals surface area contributed by atoms with Crippen LogP contribution in [0.3, 0.4) is 0 Å². The van der Waals surface area contributed by atoms with E-state index in [1.54, 1.807) is 0 Å². The highest BCUT2D eigenvalue weighted by Crippen LogP contribution is 2.24.